The number of carbonyl (C=O) groups excluding carboxylic acids is 1. The summed E-state index contributed by atoms with van der Waals surface area (Å²) < 4.78 is 1.62. The second-order valence-corrected chi connectivity index (χ2v) is 11.6. The van der Waals surface area contributed by atoms with Crippen LogP contribution < -0.4 is 10.9 Å². The number of para-hydroxylation sites is 1. The minimum atomic E-state index is -0.168. The lowest BCUT2D eigenvalue weighted by Crippen LogP contribution is -2.22. The van der Waals surface area contributed by atoms with E-state index in [2.05, 4.69) is 49.5 Å². The van der Waals surface area contributed by atoms with Crippen LogP contribution in [0.2, 0.25) is 0 Å². The van der Waals surface area contributed by atoms with E-state index in [1.165, 1.54) is 34.2 Å². The standard InChI is InChI=1S/C34H27N3O2S2/c1-22-13-14-26(19-23(22)2)29-20-40-32-31(29)33(39)37(28-11-7-4-8-12-28)34(36-32)41-21-30(38)35-27-17-15-25(16-18-27)24-9-5-3-6-10-24/h3-20H,21H2,1-2H3,(H,35,38). The molecular formula is C34H27N3O2S2. The molecule has 0 atom stereocenters. The number of thiophene rings is 1. The summed E-state index contributed by atoms with van der Waals surface area (Å²) in [5.41, 5.74) is 7.74. The molecule has 0 aliphatic carbocycles. The fraction of sp³-hybridized carbons (Fsp3) is 0.0882. The number of aryl methyl sites for hydroxylation is 2. The van der Waals surface area contributed by atoms with Gasteiger partial charge in [0.25, 0.3) is 5.56 Å². The van der Waals surface area contributed by atoms with Crippen LogP contribution in [0, 0.1) is 13.8 Å². The number of nitrogens with zero attached hydrogens (tertiary/aromatic N) is 2. The maximum atomic E-state index is 14.1. The summed E-state index contributed by atoms with van der Waals surface area (Å²) in [4.78, 5) is 32.5. The molecule has 0 aliphatic heterocycles. The molecule has 0 saturated carbocycles. The average molecular weight is 574 g/mol. The van der Waals surface area contributed by atoms with E-state index in [1.54, 1.807) is 4.57 Å². The average Bonchev–Trinajstić information content (AvgIpc) is 3.43. The van der Waals surface area contributed by atoms with E-state index >= 15 is 0 Å². The van der Waals surface area contributed by atoms with Crippen LogP contribution in [0.5, 0.6) is 0 Å². The number of carbonyl (C=O) groups is 1. The lowest BCUT2D eigenvalue weighted by Gasteiger charge is -2.13. The van der Waals surface area contributed by atoms with E-state index in [9.17, 15) is 9.59 Å². The predicted octanol–water partition coefficient (Wildman–Crippen LogP) is 8.13. The molecule has 0 aliphatic rings. The number of anilines is 1. The molecule has 0 unspecified atom stereocenters. The minimum absolute atomic E-state index is 0.112. The summed E-state index contributed by atoms with van der Waals surface area (Å²) in [5.74, 6) is -0.0564. The van der Waals surface area contributed by atoms with Gasteiger partial charge in [0.1, 0.15) is 4.83 Å². The highest BCUT2D eigenvalue weighted by Gasteiger charge is 2.19. The van der Waals surface area contributed by atoms with Gasteiger partial charge in [-0.15, -0.1) is 11.3 Å². The van der Waals surface area contributed by atoms with Crippen molar-refractivity contribution >= 4 is 44.9 Å². The molecular weight excluding hydrogens is 547 g/mol. The van der Waals surface area contributed by atoms with Crippen molar-refractivity contribution < 1.29 is 4.79 Å². The summed E-state index contributed by atoms with van der Waals surface area (Å²) in [6.07, 6.45) is 0. The van der Waals surface area contributed by atoms with Crippen molar-refractivity contribution in [1.29, 1.82) is 0 Å². The first-order chi connectivity index (χ1) is 20.0. The lowest BCUT2D eigenvalue weighted by molar-refractivity contribution is -0.113. The zero-order valence-electron chi connectivity index (χ0n) is 22.6. The summed E-state index contributed by atoms with van der Waals surface area (Å²) in [5, 5.41) is 6.04. The third kappa shape index (κ3) is 5.59. The molecule has 6 aromatic rings. The van der Waals surface area contributed by atoms with Crippen LogP contribution in [0.25, 0.3) is 38.2 Å². The van der Waals surface area contributed by atoms with E-state index in [0.717, 1.165) is 27.9 Å². The number of hydrogen-bond acceptors (Lipinski definition) is 5. The zero-order valence-corrected chi connectivity index (χ0v) is 24.3. The van der Waals surface area contributed by atoms with Crippen LogP contribution >= 0.6 is 23.1 Å². The maximum Gasteiger partial charge on any atom is 0.268 e. The summed E-state index contributed by atoms with van der Waals surface area (Å²) in [7, 11) is 0. The van der Waals surface area contributed by atoms with Gasteiger partial charge in [-0.2, -0.15) is 0 Å². The van der Waals surface area contributed by atoms with Gasteiger partial charge >= 0.3 is 0 Å². The van der Waals surface area contributed by atoms with E-state index < -0.39 is 0 Å². The maximum absolute atomic E-state index is 14.1. The third-order valence-corrected chi connectivity index (χ3v) is 8.83. The van der Waals surface area contributed by atoms with E-state index in [1.807, 2.05) is 78.2 Å². The van der Waals surface area contributed by atoms with Crippen LogP contribution in [0.1, 0.15) is 11.1 Å². The van der Waals surface area contributed by atoms with Gasteiger partial charge in [-0.05, 0) is 65.9 Å². The van der Waals surface area contributed by atoms with Gasteiger partial charge in [-0.25, -0.2) is 4.98 Å². The SMILES string of the molecule is Cc1ccc(-c2csc3nc(SCC(=O)Nc4ccc(-c5ccccc5)cc4)n(-c4ccccc4)c(=O)c23)cc1C. The summed E-state index contributed by atoms with van der Waals surface area (Å²) in [6.45, 7) is 4.15. The summed E-state index contributed by atoms with van der Waals surface area (Å²) in [6, 6.07) is 33.6. The van der Waals surface area contributed by atoms with Gasteiger partial charge in [-0.1, -0.05) is 90.6 Å². The largest absolute Gasteiger partial charge is 0.325 e. The molecule has 0 saturated heterocycles. The molecule has 5 nitrogen and oxygen atoms in total. The first kappa shape index (κ1) is 26.7. The Morgan fingerprint density at radius 3 is 2.20 bits per heavy atom. The lowest BCUT2D eigenvalue weighted by atomic mass is 10.0. The highest BCUT2D eigenvalue weighted by molar-refractivity contribution is 7.99. The van der Waals surface area contributed by atoms with Crippen molar-refractivity contribution in [2.24, 2.45) is 0 Å². The van der Waals surface area contributed by atoms with Crippen molar-refractivity contribution in [3.8, 4) is 27.9 Å². The number of benzene rings is 4. The molecule has 0 fully saturated rings. The number of thioether (sulfide) groups is 1. The number of nitrogens with one attached hydrogen (secondary N) is 1. The Bertz CT molecular complexity index is 1910. The number of amides is 1. The number of hydrogen-bond donors (Lipinski definition) is 1. The monoisotopic (exact) mass is 573 g/mol. The van der Waals surface area contributed by atoms with Crippen molar-refractivity contribution in [3.05, 3.63) is 130 Å². The van der Waals surface area contributed by atoms with Crippen LogP contribution in [0.3, 0.4) is 0 Å². The van der Waals surface area contributed by atoms with Gasteiger partial charge in [0.2, 0.25) is 5.91 Å². The van der Waals surface area contributed by atoms with Gasteiger partial charge < -0.3 is 5.32 Å². The normalized spacial score (nSPS) is 11.1. The number of aromatic nitrogens is 2. The van der Waals surface area contributed by atoms with E-state index in [0.29, 0.717) is 21.1 Å². The number of fused-ring (bicyclic) bond motifs is 1. The molecule has 4 aromatic carbocycles. The molecule has 202 valence electrons. The Labute approximate surface area is 246 Å². The minimum Gasteiger partial charge on any atom is -0.325 e. The molecule has 1 N–H and O–H groups in total. The second kappa shape index (κ2) is 11.6. The van der Waals surface area contributed by atoms with Gasteiger partial charge in [-0.3, -0.25) is 14.2 Å². The van der Waals surface area contributed by atoms with E-state index in [4.69, 9.17) is 4.98 Å². The molecule has 1 amide bonds. The Kier molecular flexibility index (Phi) is 7.55. The summed E-state index contributed by atoms with van der Waals surface area (Å²) >= 11 is 2.70. The Morgan fingerprint density at radius 2 is 1.49 bits per heavy atom. The highest BCUT2D eigenvalue weighted by atomic mass is 32.2. The first-order valence-corrected chi connectivity index (χ1v) is 15.1. The van der Waals surface area contributed by atoms with Crippen molar-refractivity contribution in [3.63, 3.8) is 0 Å². The van der Waals surface area contributed by atoms with Crippen LogP contribution in [0.15, 0.2) is 118 Å². The Balaban J connectivity index is 1.29. The number of rotatable bonds is 7. The molecule has 7 heteroatoms. The molecule has 6 rings (SSSR count). The zero-order chi connectivity index (χ0) is 28.3. The molecule has 41 heavy (non-hydrogen) atoms. The molecule has 2 heterocycles. The second-order valence-electron chi connectivity index (χ2n) is 9.78. The smallest absolute Gasteiger partial charge is 0.268 e. The molecule has 0 radical (unpaired) electrons. The van der Waals surface area contributed by atoms with Gasteiger partial charge in [0, 0.05) is 16.6 Å². The fourth-order valence-corrected chi connectivity index (χ4v) is 6.50. The van der Waals surface area contributed by atoms with Crippen LogP contribution in [0.4, 0.5) is 5.69 Å². The van der Waals surface area contributed by atoms with Crippen LogP contribution in [-0.2, 0) is 4.79 Å². The first-order valence-electron chi connectivity index (χ1n) is 13.2. The predicted molar refractivity (Wildman–Crippen MR) is 171 cm³/mol. The molecule has 0 spiro atoms. The topological polar surface area (TPSA) is 64.0 Å². The Hall–Kier alpha value is -4.46. The quantitative estimate of drug-likeness (QED) is 0.155. The fourth-order valence-electron chi connectivity index (χ4n) is 4.70. The van der Waals surface area contributed by atoms with Crippen molar-refractivity contribution in [2.75, 3.05) is 11.1 Å². The van der Waals surface area contributed by atoms with E-state index in [-0.39, 0.29) is 17.2 Å². The van der Waals surface area contributed by atoms with Gasteiger partial charge in [0.05, 0.1) is 16.8 Å². The van der Waals surface area contributed by atoms with Crippen LogP contribution in [-0.4, -0.2) is 21.2 Å². The third-order valence-electron chi connectivity index (χ3n) is 7.02. The highest BCUT2D eigenvalue weighted by Crippen LogP contribution is 2.34. The van der Waals surface area contributed by atoms with Crippen molar-refractivity contribution in [1.82, 2.24) is 9.55 Å². The van der Waals surface area contributed by atoms with Crippen molar-refractivity contribution in [2.45, 2.75) is 19.0 Å². The Morgan fingerprint density at radius 1 is 0.829 bits per heavy atom. The van der Waals surface area contributed by atoms with Gasteiger partial charge in [0.15, 0.2) is 5.16 Å². The molecule has 2 aromatic heterocycles. The molecule has 0 bridgehead atoms.